The zero-order chi connectivity index (χ0) is 33.8. The third-order valence-electron chi connectivity index (χ3n) is 11.1. The first-order valence-electron chi connectivity index (χ1n) is 17.6. The second kappa shape index (κ2) is 10.3. The Morgan fingerprint density at radius 2 is 1.00 bits per heavy atom. The molecule has 0 bridgehead atoms. The van der Waals surface area contributed by atoms with E-state index in [9.17, 15) is 0 Å². The van der Waals surface area contributed by atoms with Crippen LogP contribution in [0, 0.1) is 0 Å². The van der Waals surface area contributed by atoms with Gasteiger partial charge in [-0.2, -0.15) is 0 Å². The molecule has 0 saturated heterocycles. The first-order valence-corrected chi connectivity index (χ1v) is 17.6. The van der Waals surface area contributed by atoms with Crippen LogP contribution in [0.2, 0.25) is 0 Å². The Hall–Kier alpha value is -6.52. The van der Waals surface area contributed by atoms with Crippen LogP contribution in [-0.4, -0.2) is 19.1 Å². The first-order chi connectivity index (χ1) is 25.1. The van der Waals surface area contributed by atoms with Crippen LogP contribution in [0.25, 0.3) is 88.5 Å². The van der Waals surface area contributed by atoms with Gasteiger partial charge < -0.3 is 4.57 Å². The summed E-state index contributed by atoms with van der Waals surface area (Å²) in [5.74, 6) is 0.658. The van der Waals surface area contributed by atoms with E-state index in [4.69, 9.17) is 9.97 Å². The van der Waals surface area contributed by atoms with Crippen LogP contribution in [0.15, 0.2) is 158 Å². The second-order valence-corrected chi connectivity index (χ2v) is 14.3. The molecule has 7 aromatic carbocycles. The van der Waals surface area contributed by atoms with Gasteiger partial charge in [0.15, 0.2) is 0 Å². The molecule has 10 aromatic rings. The molecule has 51 heavy (non-hydrogen) atoms. The summed E-state index contributed by atoms with van der Waals surface area (Å²) >= 11 is 0. The Labute approximate surface area is 294 Å². The zero-order valence-electron chi connectivity index (χ0n) is 28.3. The van der Waals surface area contributed by atoms with Crippen LogP contribution in [0.1, 0.15) is 25.0 Å². The lowest BCUT2D eigenvalue weighted by atomic mass is 9.72. The molecule has 4 nitrogen and oxygen atoms in total. The highest BCUT2D eigenvalue weighted by molar-refractivity contribution is 6.18. The van der Waals surface area contributed by atoms with Gasteiger partial charge in [0, 0.05) is 38.1 Å². The normalized spacial score (nSPS) is 13.5. The van der Waals surface area contributed by atoms with Gasteiger partial charge in [-0.25, -0.2) is 9.97 Å². The predicted octanol–water partition coefficient (Wildman–Crippen LogP) is 11.8. The van der Waals surface area contributed by atoms with Gasteiger partial charge in [-0.15, -0.1) is 0 Å². The number of benzene rings is 7. The number of aromatic nitrogens is 4. The molecule has 4 heterocycles. The standard InChI is InChI=1S/C47H32N4/c1-47(2)37-26-35-33-21-11-14-24-41(33)51(46-48-38(29-15-5-3-6-16-29)27-39(49-46)30-17-7-4-8-18-30)42(35)28-43(37)50-40-23-13-12-22-34(40)36-25-31-19-9-10-20-32(31)44(47)45(36)50/h3-28H,1-2H3. The van der Waals surface area contributed by atoms with Crippen LogP contribution in [0.3, 0.4) is 0 Å². The molecule has 0 saturated carbocycles. The zero-order valence-corrected chi connectivity index (χ0v) is 28.3. The van der Waals surface area contributed by atoms with Gasteiger partial charge >= 0.3 is 0 Å². The molecule has 1 aliphatic heterocycles. The van der Waals surface area contributed by atoms with Gasteiger partial charge in [0.25, 0.3) is 0 Å². The largest absolute Gasteiger partial charge is 0.309 e. The minimum atomic E-state index is -0.263. The Bertz CT molecular complexity index is 2980. The van der Waals surface area contributed by atoms with E-state index in [0.717, 1.165) is 33.5 Å². The highest BCUT2D eigenvalue weighted by atomic mass is 15.2. The summed E-state index contributed by atoms with van der Waals surface area (Å²) in [4.78, 5) is 10.6. The van der Waals surface area contributed by atoms with E-state index in [1.54, 1.807) is 0 Å². The SMILES string of the molecule is CC1(C)c2cc3c4ccccc4n(-c4nc(-c5ccccc5)cc(-c5ccccc5)n4)c3cc2-n2c3ccccc3c3cc4ccccc4c1c32. The van der Waals surface area contributed by atoms with Crippen molar-refractivity contribution in [3.8, 4) is 34.2 Å². The lowest BCUT2D eigenvalue weighted by molar-refractivity contribution is 0.637. The third-order valence-corrected chi connectivity index (χ3v) is 11.1. The number of hydrogen-bond acceptors (Lipinski definition) is 2. The molecule has 0 amide bonds. The molecule has 0 N–H and O–H groups in total. The molecule has 3 aromatic heterocycles. The number of fused-ring (bicyclic) bond motifs is 10. The fourth-order valence-corrected chi connectivity index (χ4v) is 8.76. The molecule has 1 aliphatic rings. The minimum Gasteiger partial charge on any atom is -0.309 e. The molecule has 0 aliphatic carbocycles. The molecule has 240 valence electrons. The van der Waals surface area contributed by atoms with E-state index in [1.165, 1.54) is 60.2 Å². The van der Waals surface area contributed by atoms with Crippen molar-refractivity contribution in [2.75, 3.05) is 0 Å². The summed E-state index contributed by atoms with van der Waals surface area (Å²) in [5, 5.41) is 7.55. The van der Waals surface area contributed by atoms with Gasteiger partial charge in [-0.1, -0.05) is 135 Å². The highest BCUT2D eigenvalue weighted by Gasteiger charge is 2.37. The van der Waals surface area contributed by atoms with E-state index >= 15 is 0 Å². The maximum Gasteiger partial charge on any atom is 0.235 e. The monoisotopic (exact) mass is 652 g/mol. The van der Waals surface area contributed by atoms with Crippen molar-refractivity contribution >= 4 is 54.4 Å². The van der Waals surface area contributed by atoms with Crippen molar-refractivity contribution in [1.82, 2.24) is 19.1 Å². The third kappa shape index (κ3) is 3.90. The Kier molecular flexibility index (Phi) is 5.70. The fraction of sp³-hybridized carbons (Fsp3) is 0.0638. The van der Waals surface area contributed by atoms with Gasteiger partial charge in [0.2, 0.25) is 5.95 Å². The fourth-order valence-electron chi connectivity index (χ4n) is 8.76. The van der Waals surface area contributed by atoms with Crippen molar-refractivity contribution in [3.05, 3.63) is 169 Å². The topological polar surface area (TPSA) is 35.6 Å². The van der Waals surface area contributed by atoms with Crippen LogP contribution in [0.4, 0.5) is 0 Å². The summed E-state index contributed by atoms with van der Waals surface area (Å²) < 4.78 is 4.79. The first kappa shape index (κ1) is 28.3. The molecule has 0 radical (unpaired) electrons. The Morgan fingerprint density at radius 3 is 1.67 bits per heavy atom. The summed E-state index contributed by atoms with van der Waals surface area (Å²) in [6.07, 6.45) is 0. The summed E-state index contributed by atoms with van der Waals surface area (Å²) in [7, 11) is 0. The summed E-state index contributed by atoms with van der Waals surface area (Å²) in [6, 6.07) is 56.6. The molecule has 0 unspecified atom stereocenters. The van der Waals surface area contributed by atoms with Gasteiger partial charge in [-0.3, -0.25) is 4.57 Å². The quantitative estimate of drug-likeness (QED) is 0.190. The second-order valence-electron chi connectivity index (χ2n) is 14.3. The summed E-state index contributed by atoms with van der Waals surface area (Å²) in [5.41, 5.74) is 12.2. The van der Waals surface area contributed by atoms with Crippen LogP contribution < -0.4 is 0 Å². The van der Waals surface area contributed by atoms with E-state index in [0.29, 0.717) is 5.95 Å². The summed E-state index contributed by atoms with van der Waals surface area (Å²) in [6.45, 7) is 4.80. The highest BCUT2D eigenvalue weighted by Crippen LogP contribution is 2.51. The molecule has 0 fully saturated rings. The van der Waals surface area contributed by atoms with E-state index in [1.807, 2.05) is 12.1 Å². The smallest absolute Gasteiger partial charge is 0.235 e. The maximum absolute atomic E-state index is 5.31. The predicted molar refractivity (Wildman–Crippen MR) is 211 cm³/mol. The lowest BCUT2D eigenvalue weighted by Gasteiger charge is -2.36. The van der Waals surface area contributed by atoms with Crippen molar-refractivity contribution in [2.24, 2.45) is 0 Å². The van der Waals surface area contributed by atoms with Crippen molar-refractivity contribution in [3.63, 3.8) is 0 Å². The van der Waals surface area contributed by atoms with Crippen LogP contribution >= 0.6 is 0 Å². The Morgan fingerprint density at radius 1 is 0.451 bits per heavy atom. The lowest BCUT2D eigenvalue weighted by Crippen LogP contribution is -2.26. The minimum absolute atomic E-state index is 0.263. The molecule has 0 spiro atoms. The number of hydrogen-bond donors (Lipinski definition) is 0. The van der Waals surface area contributed by atoms with E-state index in [-0.39, 0.29) is 5.41 Å². The van der Waals surface area contributed by atoms with Crippen molar-refractivity contribution in [2.45, 2.75) is 19.3 Å². The molecule has 11 rings (SSSR count). The average Bonchev–Trinajstić information content (AvgIpc) is 3.68. The van der Waals surface area contributed by atoms with E-state index < -0.39 is 0 Å². The molecular weight excluding hydrogens is 621 g/mol. The van der Waals surface area contributed by atoms with Gasteiger partial charge in [-0.05, 0) is 58.3 Å². The Balaban J connectivity index is 1.28. The van der Waals surface area contributed by atoms with Gasteiger partial charge in [0.1, 0.15) is 0 Å². The number of nitrogens with zero attached hydrogens (tertiary/aromatic N) is 4. The molecule has 4 heteroatoms. The molecular formula is C47H32N4. The number of rotatable bonds is 3. The van der Waals surface area contributed by atoms with Gasteiger partial charge in [0.05, 0.1) is 39.1 Å². The van der Waals surface area contributed by atoms with Crippen molar-refractivity contribution < 1.29 is 0 Å². The van der Waals surface area contributed by atoms with Crippen LogP contribution in [-0.2, 0) is 5.41 Å². The molecule has 0 atom stereocenters. The van der Waals surface area contributed by atoms with E-state index in [2.05, 4.69) is 169 Å². The number of para-hydroxylation sites is 2. The average molecular weight is 653 g/mol. The maximum atomic E-state index is 5.31. The van der Waals surface area contributed by atoms with Crippen molar-refractivity contribution in [1.29, 1.82) is 0 Å². The van der Waals surface area contributed by atoms with Crippen LogP contribution in [0.5, 0.6) is 0 Å².